The van der Waals surface area contributed by atoms with E-state index in [1.54, 1.807) is 24.3 Å². The predicted octanol–water partition coefficient (Wildman–Crippen LogP) is 4.18. The normalized spacial score (nSPS) is 18.2. The molecule has 2 aromatic rings. The Kier molecular flexibility index (Phi) is 7.40. The lowest BCUT2D eigenvalue weighted by Gasteiger charge is -2.24. The Hall–Kier alpha value is -3.06. The Labute approximate surface area is 189 Å². The zero-order chi connectivity index (χ0) is 23.4. The highest BCUT2D eigenvalue weighted by atomic mass is 16.5. The molecule has 1 N–H and O–H groups in total. The number of carbonyl (C=O) groups is 2. The topological polar surface area (TPSA) is 83.2 Å². The molecule has 2 heterocycles. The second kappa shape index (κ2) is 10.0. The average Bonchev–Trinajstić information content (AvgIpc) is 3.36. The van der Waals surface area contributed by atoms with E-state index in [4.69, 9.17) is 9.15 Å². The fourth-order valence-electron chi connectivity index (χ4n) is 4.00. The summed E-state index contributed by atoms with van der Waals surface area (Å²) in [6.07, 6.45) is 2.20. The number of amides is 1. The number of aliphatic hydroxyl groups is 1. The first-order valence-corrected chi connectivity index (χ1v) is 11.0. The van der Waals surface area contributed by atoms with Gasteiger partial charge in [-0.15, -0.1) is 0 Å². The molecule has 1 saturated heterocycles. The zero-order valence-corrected chi connectivity index (χ0v) is 19.4. The van der Waals surface area contributed by atoms with Crippen LogP contribution in [0.25, 0.3) is 5.76 Å². The summed E-state index contributed by atoms with van der Waals surface area (Å²) in [4.78, 5) is 29.5. The lowest BCUT2D eigenvalue weighted by Crippen LogP contribution is -2.32. The van der Waals surface area contributed by atoms with Crippen molar-refractivity contribution in [2.45, 2.75) is 39.2 Å². The molecule has 0 aliphatic carbocycles. The van der Waals surface area contributed by atoms with Crippen molar-refractivity contribution < 1.29 is 23.8 Å². The lowest BCUT2D eigenvalue weighted by atomic mass is 9.95. The van der Waals surface area contributed by atoms with Crippen LogP contribution in [0.4, 0.5) is 0 Å². The number of aliphatic hydroxyl groups excluding tert-OH is 1. The van der Waals surface area contributed by atoms with Crippen LogP contribution in [0.2, 0.25) is 0 Å². The van der Waals surface area contributed by atoms with E-state index < -0.39 is 17.7 Å². The van der Waals surface area contributed by atoms with Gasteiger partial charge in [0.25, 0.3) is 11.7 Å². The van der Waals surface area contributed by atoms with E-state index in [1.165, 1.54) is 11.2 Å². The maximum Gasteiger partial charge on any atom is 0.295 e. The highest BCUT2D eigenvalue weighted by molar-refractivity contribution is 6.46. The van der Waals surface area contributed by atoms with Crippen molar-refractivity contribution >= 4 is 17.4 Å². The van der Waals surface area contributed by atoms with E-state index in [0.717, 1.165) is 17.9 Å². The summed E-state index contributed by atoms with van der Waals surface area (Å²) in [7, 11) is 3.91. The number of ketones is 1. The molecular formula is C25H32N2O5. The number of rotatable bonds is 9. The van der Waals surface area contributed by atoms with E-state index in [-0.39, 0.29) is 17.3 Å². The molecule has 7 nitrogen and oxygen atoms in total. The van der Waals surface area contributed by atoms with Gasteiger partial charge in [0, 0.05) is 12.1 Å². The summed E-state index contributed by atoms with van der Waals surface area (Å²) < 4.78 is 11.3. The van der Waals surface area contributed by atoms with E-state index >= 15 is 0 Å². The highest BCUT2D eigenvalue weighted by Crippen LogP contribution is 2.40. The Morgan fingerprint density at radius 1 is 1.25 bits per heavy atom. The molecule has 1 aliphatic heterocycles. The Bertz CT molecular complexity index is 992. The molecule has 1 fully saturated rings. The fourth-order valence-corrected chi connectivity index (χ4v) is 4.00. The van der Waals surface area contributed by atoms with Crippen LogP contribution in [0.5, 0.6) is 5.75 Å². The minimum absolute atomic E-state index is 0.0497. The minimum atomic E-state index is -0.763. The van der Waals surface area contributed by atoms with Gasteiger partial charge in [-0.1, -0.05) is 13.8 Å². The lowest BCUT2D eigenvalue weighted by molar-refractivity contribution is -0.140. The molecule has 1 aromatic heterocycles. The quantitative estimate of drug-likeness (QED) is 0.358. The predicted molar refractivity (Wildman–Crippen MR) is 123 cm³/mol. The number of hydrogen-bond donors (Lipinski definition) is 1. The molecule has 0 radical (unpaired) electrons. The molecular weight excluding hydrogens is 408 g/mol. The number of hydrogen-bond acceptors (Lipinski definition) is 6. The summed E-state index contributed by atoms with van der Waals surface area (Å²) >= 11 is 0. The maximum atomic E-state index is 13.0. The van der Waals surface area contributed by atoms with Crippen molar-refractivity contribution in [2.24, 2.45) is 0 Å². The molecule has 7 heteroatoms. The van der Waals surface area contributed by atoms with Crippen molar-refractivity contribution in [1.29, 1.82) is 0 Å². The Morgan fingerprint density at radius 2 is 2.00 bits per heavy atom. The van der Waals surface area contributed by atoms with Gasteiger partial charge in [-0.05, 0) is 75.8 Å². The van der Waals surface area contributed by atoms with Gasteiger partial charge in [0.1, 0.15) is 23.3 Å². The molecule has 0 spiro atoms. The molecule has 3 rings (SSSR count). The molecule has 1 aromatic carbocycles. The van der Waals surface area contributed by atoms with Crippen LogP contribution in [0.15, 0.2) is 46.6 Å². The van der Waals surface area contributed by atoms with Crippen molar-refractivity contribution in [3.63, 3.8) is 0 Å². The first-order valence-electron chi connectivity index (χ1n) is 11.0. The number of ether oxygens (including phenoxy) is 1. The minimum Gasteiger partial charge on any atom is -0.507 e. The standard InChI is InChI=1S/C25H32N2O5/c1-6-31-19-11-10-17(15-18(19)16(2)3)23(28)21-22(20-9-7-14-32-20)27(25(30)24(21)29)13-8-12-26(4)5/h7,9-11,14-16,22,28H,6,8,12-13H2,1-5H3/b23-21-. The molecule has 0 saturated carbocycles. The summed E-state index contributed by atoms with van der Waals surface area (Å²) in [5.41, 5.74) is 1.44. The van der Waals surface area contributed by atoms with E-state index in [9.17, 15) is 14.7 Å². The number of Topliss-reactive ketones (excluding diaryl/α,β-unsaturated/α-hetero) is 1. The molecule has 172 valence electrons. The first kappa shape index (κ1) is 23.6. The summed E-state index contributed by atoms with van der Waals surface area (Å²) in [6.45, 7) is 7.67. The number of carbonyl (C=O) groups excluding carboxylic acids is 2. The zero-order valence-electron chi connectivity index (χ0n) is 19.4. The highest BCUT2D eigenvalue weighted by Gasteiger charge is 2.47. The SMILES string of the molecule is CCOc1ccc(/C(O)=C2/C(=O)C(=O)N(CCCN(C)C)C2c2ccco2)cc1C(C)C. The number of likely N-dealkylation sites (tertiary alicyclic amines) is 1. The third-order valence-electron chi connectivity index (χ3n) is 5.56. The van der Waals surface area contributed by atoms with Crippen molar-refractivity contribution in [3.8, 4) is 5.75 Å². The van der Waals surface area contributed by atoms with Gasteiger partial charge < -0.3 is 24.1 Å². The van der Waals surface area contributed by atoms with E-state index in [0.29, 0.717) is 30.9 Å². The van der Waals surface area contributed by atoms with Gasteiger partial charge >= 0.3 is 0 Å². The molecule has 1 unspecified atom stereocenters. The second-order valence-corrected chi connectivity index (χ2v) is 8.51. The van der Waals surface area contributed by atoms with Crippen LogP contribution in [-0.2, 0) is 9.59 Å². The van der Waals surface area contributed by atoms with Gasteiger partial charge in [-0.25, -0.2) is 0 Å². The smallest absolute Gasteiger partial charge is 0.295 e. The summed E-state index contributed by atoms with van der Waals surface area (Å²) in [5.74, 6) is -0.185. The average molecular weight is 441 g/mol. The second-order valence-electron chi connectivity index (χ2n) is 8.51. The van der Waals surface area contributed by atoms with Crippen LogP contribution in [0, 0.1) is 0 Å². The number of furan rings is 1. The molecule has 1 atom stereocenters. The Morgan fingerprint density at radius 3 is 2.59 bits per heavy atom. The van der Waals surface area contributed by atoms with Crippen molar-refractivity contribution in [2.75, 3.05) is 33.8 Å². The van der Waals surface area contributed by atoms with Crippen LogP contribution >= 0.6 is 0 Å². The largest absolute Gasteiger partial charge is 0.507 e. The van der Waals surface area contributed by atoms with Gasteiger partial charge in [0.15, 0.2) is 0 Å². The van der Waals surface area contributed by atoms with Gasteiger partial charge in [0.05, 0.1) is 18.4 Å². The van der Waals surface area contributed by atoms with Crippen LogP contribution in [0.1, 0.15) is 56.0 Å². The first-order chi connectivity index (χ1) is 15.3. The monoisotopic (exact) mass is 440 g/mol. The molecule has 0 bridgehead atoms. The third kappa shape index (κ3) is 4.72. The molecule has 1 amide bonds. The van der Waals surface area contributed by atoms with Crippen molar-refractivity contribution in [1.82, 2.24) is 9.80 Å². The van der Waals surface area contributed by atoms with Gasteiger partial charge in [-0.2, -0.15) is 0 Å². The molecule has 32 heavy (non-hydrogen) atoms. The summed E-state index contributed by atoms with van der Waals surface area (Å²) in [6, 6.07) is 8.00. The van der Waals surface area contributed by atoms with E-state index in [1.807, 2.05) is 45.8 Å². The molecule has 1 aliphatic rings. The van der Waals surface area contributed by atoms with Crippen LogP contribution in [-0.4, -0.2) is 60.4 Å². The van der Waals surface area contributed by atoms with Crippen molar-refractivity contribution in [3.05, 3.63) is 59.1 Å². The third-order valence-corrected chi connectivity index (χ3v) is 5.56. The summed E-state index contributed by atoms with van der Waals surface area (Å²) in [5, 5.41) is 11.2. The Balaban J connectivity index is 2.07. The van der Waals surface area contributed by atoms with Gasteiger partial charge in [0.2, 0.25) is 0 Å². The number of nitrogens with zero attached hydrogens (tertiary/aromatic N) is 2. The van der Waals surface area contributed by atoms with Gasteiger partial charge in [-0.3, -0.25) is 9.59 Å². The van der Waals surface area contributed by atoms with Crippen LogP contribution < -0.4 is 4.74 Å². The van der Waals surface area contributed by atoms with Crippen LogP contribution in [0.3, 0.4) is 0 Å². The maximum absolute atomic E-state index is 13.0. The van der Waals surface area contributed by atoms with E-state index in [2.05, 4.69) is 0 Å². The number of benzene rings is 1. The fraction of sp³-hybridized carbons (Fsp3) is 0.440.